The predicted octanol–water partition coefficient (Wildman–Crippen LogP) is 5.23. The highest BCUT2D eigenvalue weighted by atomic mass is 16.5. The lowest BCUT2D eigenvalue weighted by Crippen LogP contribution is -2.55. The van der Waals surface area contributed by atoms with Crippen LogP contribution in [-0.4, -0.2) is 61.7 Å². The number of aryl methyl sites for hydroxylation is 1. The molecule has 1 atom stereocenters. The molecule has 3 heterocycles. The van der Waals surface area contributed by atoms with E-state index in [0.717, 1.165) is 69.8 Å². The van der Waals surface area contributed by atoms with Crippen LogP contribution in [0.3, 0.4) is 0 Å². The summed E-state index contributed by atoms with van der Waals surface area (Å²) < 4.78 is 5.49. The van der Waals surface area contributed by atoms with Crippen LogP contribution in [0.15, 0.2) is 48.7 Å². The van der Waals surface area contributed by atoms with Gasteiger partial charge in [0.05, 0.1) is 7.11 Å². The molecule has 6 heteroatoms. The summed E-state index contributed by atoms with van der Waals surface area (Å²) in [5, 5.41) is 1.30. The number of rotatable bonds is 5. The summed E-state index contributed by atoms with van der Waals surface area (Å²) in [4.78, 5) is 24.5. The smallest absolute Gasteiger partial charge is 0.230 e. The number of piperazine rings is 1. The van der Waals surface area contributed by atoms with Crippen LogP contribution in [0.25, 0.3) is 10.9 Å². The Balaban J connectivity index is 1.18. The predicted molar refractivity (Wildman–Crippen MR) is 146 cm³/mol. The van der Waals surface area contributed by atoms with Gasteiger partial charge in [-0.3, -0.25) is 9.69 Å². The molecule has 0 spiro atoms. The van der Waals surface area contributed by atoms with Crippen LogP contribution >= 0.6 is 0 Å². The zero-order valence-corrected chi connectivity index (χ0v) is 21.4. The highest BCUT2D eigenvalue weighted by Gasteiger charge is 2.36. The molecule has 6 rings (SSSR count). The van der Waals surface area contributed by atoms with Crippen LogP contribution < -0.4 is 14.5 Å². The maximum absolute atomic E-state index is 13.9. The first-order chi connectivity index (χ1) is 17.7. The standard InChI is InChI=1S/C30H38N4O2/c1-36-25-12-13-28-23(20-25)10-11-24(34(28)30(35)22-6-3-2-4-7-22)21-32-16-18-33(19-17-32)29-9-5-8-27-26(29)14-15-31-27/h5,8-9,12-15,20,22,24,31H,2-4,6-7,10-11,16-19,21H2,1H3. The van der Waals surface area contributed by atoms with Gasteiger partial charge in [-0.05, 0) is 67.6 Å². The summed E-state index contributed by atoms with van der Waals surface area (Å²) in [6, 6.07) is 15.2. The largest absolute Gasteiger partial charge is 0.497 e. The zero-order chi connectivity index (χ0) is 24.5. The maximum atomic E-state index is 13.9. The third-order valence-electron chi connectivity index (χ3n) is 8.60. The van der Waals surface area contributed by atoms with Gasteiger partial charge in [0, 0.05) is 73.2 Å². The molecule has 3 aromatic rings. The number of hydrogen-bond acceptors (Lipinski definition) is 4. The number of methoxy groups -OCH3 is 1. The molecule has 36 heavy (non-hydrogen) atoms. The second-order valence-electron chi connectivity index (χ2n) is 10.7. The van der Waals surface area contributed by atoms with Crippen molar-refractivity contribution in [1.29, 1.82) is 0 Å². The van der Waals surface area contributed by atoms with Crippen LogP contribution in [0, 0.1) is 5.92 Å². The monoisotopic (exact) mass is 486 g/mol. The van der Waals surface area contributed by atoms with Gasteiger partial charge >= 0.3 is 0 Å². The minimum absolute atomic E-state index is 0.174. The number of aromatic amines is 1. The molecule has 2 fully saturated rings. The lowest BCUT2D eigenvalue weighted by atomic mass is 9.86. The van der Waals surface area contributed by atoms with Crippen molar-refractivity contribution in [2.75, 3.05) is 49.6 Å². The minimum Gasteiger partial charge on any atom is -0.497 e. The van der Waals surface area contributed by atoms with Crippen molar-refractivity contribution in [1.82, 2.24) is 9.88 Å². The Labute approximate surface area is 214 Å². The number of nitrogens with one attached hydrogen (secondary N) is 1. The van der Waals surface area contributed by atoms with Crippen molar-refractivity contribution >= 4 is 28.2 Å². The Morgan fingerprint density at radius 2 is 1.81 bits per heavy atom. The van der Waals surface area contributed by atoms with Crippen LogP contribution in [0.1, 0.15) is 44.1 Å². The van der Waals surface area contributed by atoms with Gasteiger partial charge in [0.15, 0.2) is 0 Å². The second kappa shape index (κ2) is 10.2. The van der Waals surface area contributed by atoms with Crippen molar-refractivity contribution in [3.63, 3.8) is 0 Å². The highest BCUT2D eigenvalue weighted by molar-refractivity contribution is 5.97. The van der Waals surface area contributed by atoms with E-state index >= 15 is 0 Å². The Kier molecular flexibility index (Phi) is 6.61. The van der Waals surface area contributed by atoms with Gasteiger partial charge in [0.2, 0.25) is 5.91 Å². The number of nitrogens with zero attached hydrogens (tertiary/aromatic N) is 3. The van der Waals surface area contributed by atoms with E-state index in [9.17, 15) is 4.79 Å². The quantitative estimate of drug-likeness (QED) is 0.537. The van der Waals surface area contributed by atoms with Gasteiger partial charge in [0.25, 0.3) is 0 Å². The molecule has 0 radical (unpaired) electrons. The number of carbonyl (C=O) groups is 1. The third kappa shape index (κ3) is 4.47. The molecule has 1 N–H and O–H groups in total. The van der Waals surface area contributed by atoms with Gasteiger partial charge in [-0.2, -0.15) is 0 Å². The van der Waals surface area contributed by atoms with Crippen molar-refractivity contribution in [2.45, 2.75) is 51.0 Å². The number of fused-ring (bicyclic) bond motifs is 2. The first-order valence-electron chi connectivity index (χ1n) is 13.7. The lowest BCUT2D eigenvalue weighted by molar-refractivity contribution is -0.124. The van der Waals surface area contributed by atoms with Gasteiger partial charge in [-0.1, -0.05) is 25.3 Å². The molecule has 2 aliphatic heterocycles. The molecular weight excluding hydrogens is 448 g/mol. The van der Waals surface area contributed by atoms with Gasteiger partial charge in [-0.15, -0.1) is 0 Å². The highest BCUT2D eigenvalue weighted by Crippen LogP contribution is 2.37. The van der Waals surface area contributed by atoms with Crippen molar-refractivity contribution in [3.8, 4) is 5.75 Å². The van der Waals surface area contributed by atoms with E-state index in [1.165, 1.54) is 41.4 Å². The van der Waals surface area contributed by atoms with Crippen LogP contribution in [-0.2, 0) is 11.2 Å². The summed E-state index contributed by atoms with van der Waals surface area (Å²) in [7, 11) is 1.72. The normalized spacial score (nSPS) is 21.5. The van der Waals surface area contributed by atoms with Crippen molar-refractivity contribution in [3.05, 3.63) is 54.2 Å². The fourth-order valence-electron chi connectivity index (χ4n) is 6.60. The molecule has 1 saturated carbocycles. The molecule has 1 amide bonds. The van der Waals surface area contributed by atoms with Crippen molar-refractivity contribution in [2.24, 2.45) is 5.92 Å². The van der Waals surface area contributed by atoms with E-state index in [1.807, 2.05) is 12.3 Å². The number of ether oxygens (including phenoxy) is 1. The van der Waals surface area contributed by atoms with E-state index < -0.39 is 0 Å². The molecule has 190 valence electrons. The minimum atomic E-state index is 0.174. The molecule has 1 unspecified atom stereocenters. The second-order valence-corrected chi connectivity index (χ2v) is 10.7. The number of amides is 1. The Morgan fingerprint density at radius 3 is 2.61 bits per heavy atom. The number of benzene rings is 2. The third-order valence-corrected chi connectivity index (χ3v) is 8.60. The van der Waals surface area contributed by atoms with E-state index in [1.54, 1.807) is 7.11 Å². The topological polar surface area (TPSA) is 51.8 Å². The molecule has 1 aliphatic carbocycles. The first-order valence-corrected chi connectivity index (χ1v) is 13.7. The first kappa shape index (κ1) is 23.4. The summed E-state index contributed by atoms with van der Waals surface area (Å²) in [6.07, 6.45) is 9.75. The number of carbonyl (C=O) groups excluding carboxylic acids is 1. The lowest BCUT2D eigenvalue weighted by Gasteiger charge is -2.44. The average Bonchev–Trinajstić information content (AvgIpc) is 3.42. The number of anilines is 2. The van der Waals surface area contributed by atoms with Gasteiger partial charge in [0.1, 0.15) is 5.75 Å². The SMILES string of the molecule is COc1ccc2c(c1)CCC(CN1CCN(c3cccc4[nH]ccc34)CC1)N2C(=O)C1CCCCC1. The van der Waals surface area contributed by atoms with E-state index in [-0.39, 0.29) is 12.0 Å². The van der Waals surface area contributed by atoms with Gasteiger partial charge in [-0.25, -0.2) is 0 Å². The van der Waals surface area contributed by atoms with Crippen LogP contribution in [0.4, 0.5) is 11.4 Å². The summed E-state index contributed by atoms with van der Waals surface area (Å²) in [6.45, 7) is 5.03. The summed E-state index contributed by atoms with van der Waals surface area (Å²) in [5.41, 5.74) is 4.88. The molecule has 0 bridgehead atoms. The zero-order valence-electron chi connectivity index (χ0n) is 21.4. The van der Waals surface area contributed by atoms with E-state index in [2.05, 4.69) is 56.1 Å². The Morgan fingerprint density at radius 1 is 0.972 bits per heavy atom. The molecule has 1 saturated heterocycles. The van der Waals surface area contributed by atoms with Crippen LogP contribution in [0.5, 0.6) is 5.75 Å². The number of aromatic nitrogens is 1. The van der Waals surface area contributed by atoms with E-state index in [4.69, 9.17) is 4.74 Å². The summed E-state index contributed by atoms with van der Waals surface area (Å²) >= 11 is 0. The number of hydrogen-bond donors (Lipinski definition) is 1. The fourth-order valence-corrected chi connectivity index (χ4v) is 6.60. The molecule has 3 aliphatic rings. The van der Waals surface area contributed by atoms with Gasteiger partial charge < -0.3 is 19.5 Å². The Bertz CT molecular complexity index is 1210. The summed E-state index contributed by atoms with van der Waals surface area (Å²) in [5.74, 6) is 1.41. The molecule has 1 aromatic heterocycles. The average molecular weight is 487 g/mol. The molecular formula is C30H38N4O2. The maximum Gasteiger partial charge on any atom is 0.230 e. The molecule has 6 nitrogen and oxygen atoms in total. The Hall–Kier alpha value is -2.99. The van der Waals surface area contributed by atoms with Crippen molar-refractivity contribution < 1.29 is 9.53 Å². The van der Waals surface area contributed by atoms with Crippen LogP contribution in [0.2, 0.25) is 0 Å². The van der Waals surface area contributed by atoms with E-state index in [0.29, 0.717) is 5.91 Å². The number of H-pyrrole nitrogens is 1. The fraction of sp³-hybridized carbons (Fsp3) is 0.500. The molecule has 2 aromatic carbocycles.